The number of rotatable bonds is 5. The van der Waals surface area contributed by atoms with Gasteiger partial charge in [0.15, 0.2) is 22.3 Å². The molecule has 3 atom stereocenters. The van der Waals surface area contributed by atoms with E-state index in [2.05, 4.69) is 10.6 Å². The summed E-state index contributed by atoms with van der Waals surface area (Å²) in [6.45, 7) is 4.27. The zero-order valence-corrected chi connectivity index (χ0v) is 21.4. The molecule has 0 spiro atoms. The molecule has 2 heterocycles. The van der Waals surface area contributed by atoms with Crippen LogP contribution in [-0.4, -0.2) is 23.4 Å². The first-order valence-electron chi connectivity index (χ1n) is 11.2. The highest BCUT2D eigenvalue weighted by Crippen LogP contribution is 2.52. The number of amides is 1. The molecule has 0 unspecified atom stereocenters. The summed E-state index contributed by atoms with van der Waals surface area (Å²) in [6, 6.07) is 19.5. The van der Waals surface area contributed by atoms with Crippen LogP contribution in [0.2, 0.25) is 10.0 Å². The minimum absolute atomic E-state index is 0.221. The van der Waals surface area contributed by atoms with Crippen LogP contribution in [0.5, 0.6) is 11.5 Å². The molecule has 1 fully saturated rings. The monoisotopic (exact) mass is 527 g/mol. The molecule has 0 aliphatic carbocycles. The van der Waals surface area contributed by atoms with E-state index in [0.29, 0.717) is 39.0 Å². The number of thiocarbonyl (C=S) groups is 1. The zero-order valence-electron chi connectivity index (χ0n) is 19.0. The van der Waals surface area contributed by atoms with E-state index < -0.39 is 17.7 Å². The summed E-state index contributed by atoms with van der Waals surface area (Å²) in [6.07, 6.45) is 0. The molecule has 3 aromatic rings. The lowest BCUT2D eigenvalue weighted by molar-refractivity contribution is -0.130. The van der Waals surface area contributed by atoms with Crippen molar-refractivity contribution in [3.05, 3.63) is 82.3 Å². The second-order valence-electron chi connectivity index (χ2n) is 8.48. The van der Waals surface area contributed by atoms with E-state index in [9.17, 15) is 4.79 Å². The number of benzene rings is 3. The van der Waals surface area contributed by atoms with E-state index in [0.717, 1.165) is 11.3 Å². The number of fused-ring (bicyclic) bond motifs is 4. The van der Waals surface area contributed by atoms with Gasteiger partial charge in [0.05, 0.1) is 12.6 Å². The highest BCUT2D eigenvalue weighted by Gasteiger charge is 2.59. The summed E-state index contributed by atoms with van der Waals surface area (Å²) in [5.41, 5.74) is 1.02. The Kier molecular flexibility index (Phi) is 6.25. The van der Waals surface area contributed by atoms with E-state index in [1.165, 1.54) is 0 Å². The smallest absolute Gasteiger partial charge is 0.236 e. The predicted molar refractivity (Wildman–Crippen MR) is 143 cm³/mol. The number of anilines is 2. The predicted octanol–water partition coefficient (Wildman–Crippen LogP) is 6.19. The molecule has 3 aromatic carbocycles. The minimum Gasteiger partial charge on any atom is -0.490 e. The molecule has 2 aliphatic rings. The Labute approximate surface area is 219 Å². The highest BCUT2D eigenvalue weighted by atomic mass is 35.5. The minimum atomic E-state index is -1.17. The van der Waals surface area contributed by atoms with E-state index in [-0.39, 0.29) is 5.91 Å². The largest absolute Gasteiger partial charge is 0.490 e. The molecular formula is C26H23Cl2N3O3S. The summed E-state index contributed by atoms with van der Waals surface area (Å²) in [4.78, 5) is 15.7. The van der Waals surface area contributed by atoms with Crippen LogP contribution in [0.1, 0.15) is 25.5 Å². The van der Waals surface area contributed by atoms with E-state index in [1.54, 1.807) is 36.4 Å². The van der Waals surface area contributed by atoms with Crippen molar-refractivity contribution in [2.45, 2.75) is 25.6 Å². The van der Waals surface area contributed by atoms with Gasteiger partial charge in [0.25, 0.3) is 0 Å². The number of ether oxygens (including phenoxy) is 2. The number of carbonyl (C=O) groups is 1. The molecule has 2 aliphatic heterocycles. The van der Waals surface area contributed by atoms with E-state index in [1.807, 2.05) is 49.1 Å². The lowest BCUT2D eigenvalue weighted by Gasteiger charge is -2.56. The number of nitrogens with zero attached hydrogens (tertiary/aromatic N) is 1. The number of halogens is 2. The fraction of sp³-hybridized carbons (Fsp3) is 0.231. The molecule has 1 amide bonds. The summed E-state index contributed by atoms with van der Waals surface area (Å²) < 4.78 is 12.6. The van der Waals surface area contributed by atoms with Crippen LogP contribution in [0, 0.1) is 5.92 Å². The van der Waals surface area contributed by atoms with Crippen LogP contribution >= 0.6 is 35.4 Å². The maximum atomic E-state index is 13.8. The van der Waals surface area contributed by atoms with Gasteiger partial charge in [0.2, 0.25) is 5.91 Å². The molecular weight excluding hydrogens is 505 g/mol. The third-order valence-corrected chi connectivity index (χ3v) is 7.07. The first kappa shape index (κ1) is 23.7. The average Bonchev–Trinajstić information content (AvgIpc) is 2.82. The fourth-order valence-corrected chi connectivity index (χ4v) is 5.44. The molecule has 0 radical (unpaired) electrons. The molecule has 0 saturated carbocycles. The number of carbonyl (C=O) groups excluding carboxylic acids is 1. The number of para-hydroxylation sites is 1. The highest BCUT2D eigenvalue weighted by molar-refractivity contribution is 7.80. The Morgan fingerprint density at radius 3 is 2.43 bits per heavy atom. The van der Waals surface area contributed by atoms with Crippen LogP contribution in [-0.2, 0) is 4.79 Å². The summed E-state index contributed by atoms with van der Waals surface area (Å²) in [5, 5.41) is 8.05. The first-order valence-corrected chi connectivity index (χ1v) is 12.4. The Morgan fingerprint density at radius 2 is 1.77 bits per heavy atom. The molecule has 1 saturated heterocycles. The van der Waals surface area contributed by atoms with Crippen molar-refractivity contribution in [3.63, 3.8) is 0 Å². The van der Waals surface area contributed by atoms with Crippen molar-refractivity contribution in [1.29, 1.82) is 0 Å². The maximum absolute atomic E-state index is 13.8. The number of hydrogen-bond acceptors (Lipinski definition) is 4. The summed E-state index contributed by atoms with van der Waals surface area (Å²) in [5.74, 6) is 0.306. The lowest BCUT2D eigenvalue weighted by Crippen LogP contribution is -2.72. The van der Waals surface area contributed by atoms with Gasteiger partial charge >= 0.3 is 0 Å². The van der Waals surface area contributed by atoms with Gasteiger partial charge in [-0.2, -0.15) is 0 Å². The van der Waals surface area contributed by atoms with Gasteiger partial charge < -0.3 is 20.1 Å². The SMILES string of the molecule is CCOc1cccc2c1O[C@@]1(C)[C@H](C(=O)Nc3ccc(Cl)cc3)[C@@H]2NC(=S)N1c1ccc(Cl)cc1. The Bertz CT molecular complexity index is 1290. The third-order valence-electron chi connectivity index (χ3n) is 6.27. The van der Waals surface area contributed by atoms with E-state index in [4.69, 9.17) is 44.9 Å². The second kappa shape index (κ2) is 9.22. The number of hydrogen-bond donors (Lipinski definition) is 2. The molecule has 35 heavy (non-hydrogen) atoms. The number of nitrogens with one attached hydrogen (secondary N) is 2. The molecule has 2 N–H and O–H groups in total. The Balaban J connectivity index is 1.63. The third kappa shape index (κ3) is 4.18. The molecule has 6 nitrogen and oxygen atoms in total. The van der Waals surface area contributed by atoms with Crippen LogP contribution < -0.4 is 25.0 Å². The van der Waals surface area contributed by atoms with Crippen molar-refractivity contribution >= 4 is 57.8 Å². The summed E-state index contributed by atoms with van der Waals surface area (Å²) in [7, 11) is 0. The van der Waals surface area contributed by atoms with Gasteiger partial charge in [-0.25, -0.2) is 0 Å². The standard InChI is InChI=1S/C26H23Cl2N3O3S/c1-3-33-20-6-4-5-19-22-21(24(32)29-17-11-7-15(27)8-12-17)26(2,34-23(19)20)31(25(35)30-22)18-13-9-16(28)10-14-18/h4-14,21-22H,3H2,1-2H3,(H,29,32)(H,30,35)/t21-,22+,26-/m0/s1. The molecule has 180 valence electrons. The van der Waals surface area contributed by atoms with Gasteiger partial charge in [0.1, 0.15) is 5.92 Å². The van der Waals surface area contributed by atoms with Gasteiger partial charge in [-0.1, -0.05) is 35.3 Å². The Hall–Kier alpha value is -3.00. The topological polar surface area (TPSA) is 62.8 Å². The van der Waals surface area contributed by atoms with Crippen molar-refractivity contribution < 1.29 is 14.3 Å². The fourth-order valence-electron chi connectivity index (χ4n) is 4.77. The maximum Gasteiger partial charge on any atom is 0.236 e. The lowest BCUT2D eigenvalue weighted by atomic mass is 9.78. The van der Waals surface area contributed by atoms with Gasteiger partial charge in [-0.15, -0.1) is 0 Å². The van der Waals surface area contributed by atoms with Crippen LogP contribution in [0.3, 0.4) is 0 Å². The van der Waals surface area contributed by atoms with Crippen molar-refractivity contribution in [1.82, 2.24) is 5.32 Å². The molecule has 9 heteroatoms. The van der Waals surface area contributed by atoms with Crippen molar-refractivity contribution in [2.75, 3.05) is 16.8 Å². The normalized spacial score (nSPS) is 22.5. The molecule has 0 aromatic heterocycles. The Morgan fingerprint density at radius 1 is 1.11 bits per heavy atom. The average molecular weight is 528 g/mol. The van der Waals surface area contributed by atoms with Gasteiger partial charge in [-0.05, 0) is 80.7 Å². The van der Waals surface area contributed by atoms with Crippen LogP contribution in [0.25, 0.3) is 0 Å². The zero-order chi connectivity index (χ0) is 24.7. The summed E-state index contributed by atoms with van der Waals surface area (Å²) >= 11 is 18.0. The molecule has 5 rings (SSSR count). The van der Waals surface area contributed by atoms with Crippen LogP contribution in [0.4, 0.5) is 11.4 Å². The van der Waals surface area contributed by atoms with Crippen molar-refractivity contribution in [2.24, 2.45) is 5.92 Å². The van der Waals surface area contributed by atoms with Crippen molar-refractivity contribution in [3.8, 4) is 11.5 Å². The second-order valence-corrected chi connectivity index (χ2v) is 9.74. The van der Waals surface area contributed by atoms with Gasteiger partial charge in [0, 0.05) is 27.0 Å². The van der Waals surface area contributed by atoms with Crippen LogP contribution in [0.15, 0.2) is 66.7 Å². The first-order chi connectivity index (χ1) is 16.8. The van der Waals surface area contributed by atoms with Gasteiger partial charge in [-0.3, -0.25) is 9.69 Å². The van der Waals surface area contributed by atoms with E-state index >= 15 is 0 Å². The molecule has 2 bridgehead atoms. The quantitative estimate of drug-likeness (QED) is 0.385.